The summed E-state index contributed by atoms with van der Waals surface area (Å²) in [6.07, 6.45) is -1.89. The fourth-order valence-electron chi connectivity index (χ4n) is 2.44. The third kappa shape index (κ3) is 7.69. The first-order valence-corrected chi connectivity index (χ1v) is 7.82. The summed E-state index contributed by atoms with van der Waals surface area (Å²) in [7, 11) is 0. The third-order valence-electron chi connectivity index (χ3n) is 3.99. The molecule has 0 radical (unpaired) electrons. The van der Waals surface area contributed by atoms with E-state index in [1.54, 1.807) is 0 Å². The molecule has 0 aromatic heterocycles. The Morgan fingerprint density at radius 1 is 1.30 bits per heavy atom. The fraction of sp³-hybridized carbons (Fsp3) is 0.929. The molecule has 2 N–H and O–H groups in total. The number of nitrogens with one attached hydrogen (secondary N) is 2. The monoisotopic (exact) mass is 359 g/mol. The van der Waals surface area contributed by atoms with Gasteiger partial charge < -0.3 is 15.4 Å². The van der Waals surface area contributed by atoms with Crippen molar-refractivity contribution in [2.24, 2.45) is 5.92 Å². The van der Waals surface area contributed by atoms with Gasteiger partial charge in [0.05, 0.1) is 6.61 Å². The number of amides is 1. The number of ether oxygens (including phenoxy) is 1. The van der Waals surface area contributed by atoms with Gasteiger partial charge >= 0.3 is 6.18 Å². The van der Waals surface area contributed by atoms with E-state index in [4.69, 9.17) is 4.74 Å². The smallest absolute Gasteiger partial charge is 0.381 e. The molecule has 1 saturated carbocycles. The van der Waals surface area contributed by atoms with Crippen molar-refractivity contribution in [3.63, 3.8) is 0 Å². The first kappa shape index (κ1) is 20.5. The molecule has 0 aromatic carbocycles. The van der Waals surface area contributed by atoms with E-state index >= 15 is 0 Å². The number of hydrogen-bond acceptors (Lipinski definition) is 4. The highest BCUT2D eigenvalue weighted by Crippen LogP contribution is 2.28. The van der Waals surface area contributed by atoms with Crippen LogP contribution < -0.4 is 10.6 Å². The van der Waals surface area contributed by atoms with Crippen LogP contribution in [0, 0.1) is 5.92 Å². The van der Waals surface area contributed by atoms with Gasteiger partial charge in [0.1, 0.15) is 6.04 Å². The second kappa shape index (κ2) is 9.66. The molecule has 1 atom stereocenters. The summed E-state index contributed by atoms with van der Waals surface area (Å²) in [6, 6.07) is -1.62. The molecule has 0 spiro atoms. The predicted octanol–water partition coefficient (Wildman–Crippen LogP) is 1.18. The van der Waals surface area contributed by atoms with Crippen molar-refractivity contribution < 1.29 is 22.7 Å². The highest BCUT2D eigenvalue weighted by molar-refractivity contribution is 5.85. The maximum atomic E-state index is 13.1. The number of piperazine rings is 1. The molecular formula is C14H25ClF3N3O2. The first-order chi connectivity index (χ1) is 10.5. The second-order valence-electron chi connectivity index (χ2n) is 5.92. The Morgan fingerprint density at radius 2 is 1.96 bits per heavy atom. The van der Waals surface area contributed by atoms with Gasteiger partial charge in [0.25, 0.3) is 0 Å². The Balaban J connectivity index is 0.00000264. The van der Waals surface area contributed by atoms with E-state index in [1.807, 2.05) is 0 Å². The Bertz CT molecular complexity index is 362. The molecule has 1 unspecified atom stereocenters. The van der Waals surface area contributed by atoms with Crippen LogP contribution in [0.5, 0.6) is 0 Å². The van der Waals surface area contributed by atoms with Gasteiger partial charge in [0.2, 0.25) is 5.91 Å². The SMILES string of the molecule is Cl.O=C(CCOCC1CC1)NCC(N1CCNCC1)C(F)(F)F. The summed E-state index contributed by atoms with van der Waals surface area (Å²) in [6.45, 7) is 2.27. The molecule has 2 fully saturated rings. The molecule has 1 heterocycles. The standard InChI is InChI=1S/C14H24F3N3O2.ClH/c15-14(16,17)12(20-6-4-18-5-7-20)9-19-13(21)3-8-22-10-11-1-2-11;/h11-12,18H,1-10H2,(H,19,21);1H. The lowest BCUT2D eigenvalue weighted by molar-refractivity contribution is -0.184. The molecule has 2 rings (SSSR count). The summed E-state index contributed by atoms with van der Waals surface area (Å²) in [4.78, 5) is 13.0. The largest absolute Gasteiger partial charge is 0.405 e. The average Bonchev–Trinajstić information content (AvgIpc) is 3.28. The van der Waals surface area contributed by atoms with E-state index in [0.29, 0.717) is 38.7 Å². The van der Waals surface area contributed by atoms with Crippen LogP contribution in [0.15, 0.2) is 0 Å². The lowest BCUT2D eigenvalue weighted by Crippen LogP contribution is -2.57. The summed E-state index contributed by atoms with van der Waals surface area (Å²) in [5, 5.41) is 5.41. The number of nitrogens with zero attached hydrogens (tertiary/aromatic N) is 1. The number of carbonyl (C=O) groups is 1. The summed E-state index contributed by atoms with van der Waals surface area (Å²) in [5.74, 6) is 0.227. The van der Waals surface area contributed by atoms with Crippen molar-refractivity contribution in [3.05, 3.63) is 0 Å². The van der Waals surface area contributed by atoms with E-state index in [1.165, 1.54) is 17.7 Å². The van der Waals surface area contributed by atoms with E-state index in [9.17, 15) is 18.0 Å². The minimum Gasteiger partial charge on any atom is -0.381 e. The summed E-state index contributed by atoms with van der Waals surface area (Å²) in [5.41, 5.74) is 0. The van der Waals surface area contributed by atoms with Gasteiger partial charge in [-0.05, 0) is 18.8 Å². The van der Waals surface area contributed by atoms with Crippen molar-refractivity contribution in [1.29, 1.82) is 0 Å². The van der Waals surface area contributed by atoms with Crippen molar-refractivity contribution in [2.45, 2.75) is 31.5 Å². The molecule has 1 aliphatic heterocycles. The molecular weight excluding hydrogens is 335 g/mol. The molecule has 136 valence electrons. The average molecular weight is 360 g/mol. The van der Waals surface area contributed by atoms with Gasteiger partial charge in [-0.25, -0.2) is 0 Å². The number of rotatable bonds is 8. The maximum absolute atomic E-state index is 13.1. The van der Waals surface area contributed by atoms with E-state index < -0.39 is 18.8 Å². The van der Waals surface area contributed by atoms with Crippen LogP contribution in [0.2, 0.25) is 0 Å². The quantitative estimate of drug-likeness (QED) is 0.639. The van der Waals surface area contributed by atoms with Crippen molar-refractivity contribution >= 4 is 18.3 Å². The predicted molar refractivity (Wildman–Crippen MR) is 82.7 cm³/mol. The number of halogens is 4. The van der Waals surface area contributed by atoms with Crippen LogP contribution in [0.1, 0.15) is 19.3 Å². The molecule has 9 heteroatoms. The summed E-state index contributed by atoms with van der Waals surface area (Å²) >= 11 is 0. The molecule has 0 bridgehead atoms. The Labute approximate surface area is 140 Å². The van der Waals surface area contributed by atoms with Crippen molar-refractivity contribution in [1.82, 2.24) is 15.5 Å². The Morgan fingerprint density at radius 3 is 2.52 bits per heavy atom. The van der Waals surface area contributed by atoms with Gasteiger partial charge in [-0.15, -0.1) is 12.4 Å². The van der Waals surface area contributed by atoms with Crippen LogP contribution in [0.25, 0.3) is 0 Å². The van der Waals surface area contributed by atoms with Gasteiger partial charge in [0.15, 0.2) is 0 Å². The minimum atomic E-state index is -4.34. The molecule has 23 heavy (non-hydrogen) atoms. The number of hydrogen-bond donors (Lipinski definition) is 2. The maximum Gasteiger partial charge on any atom is 0.405 e. The van der Waals surface area contributed by atoms with E-state index in [0.717, 1.165) is 0 Å². The highest BCUT2D eigenvalue weighted by Gasteiger charge is 2.43. The topological polar surface area (TPSA) is 53.6 Å². The second-order valence-corrected chi connectivity index (χ2v) is 5.92. The van der Waals surface area contributed by atoms with Crippen LogP contribution >= 0.6 is 12.4 Å². The molecule has 0 aromatic rings. The number of alkyl halides is 3. The number of carbonyl (C=O) groups excluding carboxylic acids is 1. The van der Waals surface area contributed by atoms with Crippen molar-refractivity contribution in [3.8, 4) is 0 Å². The van der Waals surface area contributed by atoms with Gasteiger partial charge in [-0.1, -0.05) is 0 Å². The summed E-state index contributed by atoms with van der Waals surface area (Å²) < 4.78 is 44.7. The van der Waals surface area contributed by atoms with Gasteiger partial charge in [-0.3, -0.25) is 9.69 Å². The molecule has 1 aliphatic carbocycles. The molecule has 1 saturated heterocycles. The van der Waals surface area contributed by atoms with Gasteiger partial charge in [0, 0.05) is 45.8 Å². The van der Waals surface area contributed by atoms with Crippen LogP contribution in [0.4, 0.5) is 13.2 Å². The van der Waals surface area contributed by atoms with E-state index in [2.05, 4.69) is 10.6 Å². The van der Waals surface area contributed by atoms with Crippen LogP contribution in [-0.4, -0.2) is 69.0 Å². The fourth-order valence-corrected chi connectivity index (χ4v) is 2.44. The lowest BCUT2D eigenvalue weighted by Gasteiger charge is -2.35. The molecule has 2 aliphatic rings. The third-order valence-corrected chi connectivity index (χ3v) is 3.99. The normalized spacial score (nSPS) is 20.7. The zero-order chi connectivity index (χ0) is 16.0. The molecule has 5 nitrogen and oxygen atoms in total. The van der Waals surface area contributed by atoms with E-state index in [-0.39, 0.29) is 31.3 Å². The van der Waals surface area contributed by atoms with Crippen LogP contribution in [0.3, 0.4) is 0 Å². The Kier molecular flexibility index (Phi) is 8.60. The zero-order valence-corrected chi connectivity index (χ0v) is 13.8. The molecule has 1 amide bonds. The highest BCUT2D eigenvalue weighted by atomic mass is 35.5. The van der Waals surface area contributed by atoms with Crippen molar-refractivity contribution in [2.75, 3.05) is 45.9 Å². The minimum absolute atomic E-state index is 0. The lowest BCUT2D eigenvalue weighted by atomic mass is 10.2. The van der Waals surface area contributed by atoms with Gasteiger partial charge in [-0.2, -0.15) is 13.2 Å². The zero-order valence-electron chi connectivity index (χ0n) is 13.0. The Hall–Kier alpha value is -0.570. The first-order valence-electron chi connectivity index (χ1n) is 7.82. The van der Waals surface area contributed by atoms with Crippen LogP contribution in [-0.2, 0) is 9.53 Å².